The van der Waals surface area contributed by atoms with E-state index >= 15 is 0 Å². The fourth-order valence-corrected chi connectivity index (χ4v) is 2.45. The second-order valence-corrected chi connectivity index (χ2v) is 4.87. The minimum Gasteiger partial charge on any atom is -0.344 e. The number of rotatable bonds is 3. The predicted octanol–water partition coefficient (Wildman–Crippen LogP) is 0.811. The van der Waals surface area contributed by atoms with Crippen LogP contribution in [0.15, 0.2) is 12.3 Å². The van der Waals surface area contributed by atoms with Gasteiger partial charge in [-0.3, -0.25) is 9.48 Å². The standard InChI is InChI=1S/C12H20N4O/c1-16-8-5-10(15-16)11(17)14-12(9-13)6-3-2-4-7-12/h5,8H,2-4,6-7,9,13H2,1H3,(H,14,17). The Hall–Kier alpha value is -1.36. The van der Waals surface area contributed by atoms with Gasteiger partial charge < -0.3 is 11.1 Å². The molecule has 1 aliphatic carbocycles. The van der Waals surface area contributed by atoms with Crippen LogP contribution in [0, 0.1) is 0 Å². The molecule has 1 saturated carbocycles. The van der Waals surface area contributed by atoms with Gasteiger partial charge in [0.05, 0.1) is 5.54 Å². The van der Waals surface area contributed by atoms with Crippen molar-refractivity contribution >= 4 is 5.91 Å². The fourth-order valence-electron chi connectivity index (χ4n) is 2.45. The van der Waals surface area contributed by atoms with Crippen LogP contribution in [-0.4, -0.2) is 27.8 Å². The van der Waals surface area contributed by atoms with Gasteiger partial charge in [0.15, 0.2) is 0 Å². The van der Waals surface area contributed by atoms with Gasteiger partial charge in [0, 0.05) is 19.8 Å². The third-order valence-electron chi connectivity index (χ3n) is 3.53. The van der Waals surface area contributed by atoms with Crippen LogP contribution in [0.5, 0.6) is 0 Å². The third-order valence-corrected chi connectivity index (χ3v) is 3.53. The van der Waals surface area contributed by atoms with Crippen LogP contribution < -0.4 is 11.1 Å². The number of carbonyl (C=O) groups excluding carboxylic acids is 1. The zero-order valence-corrected chi connectivity index (χ0v) is 10.3. The molecule has 1 aromatic heterocycles. The lowest BCUT2D eigenvalue weighted by molar-refractivity contribution is 0.0868. The molecule has 0 saturated heterocycles. The zero-order valence-electron chi connectivity index (χ0n) is 10.3. The van der Waals surface area contributed by atoms with E-state index in [0.717, 1.165) is 25.7 Å². The van der Waals surface area contributed by atoms with Crippen molar-refractivity contribution in [2.75, 3.05) is 6.54 Å². The molecule has 5 heteroatoms. The Labute approximate surface area is 101 Å². The summed E-state index contributed by atoms with van der Waals surface area (Å²) in [6.45, 7) is 0.506. The molecule has 0 spiro atoms. The van der Waals surface area contributed by atoms with Crippen molar-refractivity contribution in [1.82, 2.24) is 15.1 Å². The van der Waals surface area contributed by atoms with E-state index in [2.05, 4.69) is 10.4 Å². The number of hydrogen-bond acceptors (Lipinski definition) is 3. The highest BCUT2D eigenvalue weighted by Crippen LogP contribution is 2.27. The monoisotopic (exact) mass is 236 g/mol. The van der Waals surface area contributed by atoms with Crippen molar-refractivity contribution in [2.24, 2.45) is 12.8 Å². The van der Waals surface area contributed by atoms with Crippen LogP contribution in [0.1, 0.15) is 42.6 Å². The van der Waals surface area contributed by atoms with Crippen LogP contribution in [-0.2, 0) is 7.05 Å². The van der Waals surface area contributed by atoms with E-state index in [0.29, 0.717) is 12.2 Å². The Bertz CT molecular complexity index is 393. The van der Waals surface area contributed by atoms with E-state index in [4.69, 9.17) is 5.73 Å². The molecule has 1 aliphatic rings. The third kappa shape index (κ3) is 2.66. The second-order valence-electron chi connectivity index (χ2n) is 4.87. The first-order chi connectivity index (χ1) is 8.15. The van der Waals surface area contributed by atoms with Gasteiger partial charge in [0.2, 0.25) is 0 Å². The number of carbonyl (C=O) groups is 1. The maximum absolute atomic E-state index is 12.0. The van der Waals surface area contributed by atoms with Gasteiger partial charge in [0.25, 0.3) is 5.91 Å². The molecule has 0 unspecified atom stereocenters. The highest BCUT2D eigenvalue weighted by atomic mass is 16.2. The summed E-state index contributed by atoms with van der Waals surface area (Å²) in [5, 5.41) is 7.18. The largest absolute Gasteiger partial charge is 0.344 e. The molecule has 0 bridgehead atoms. The van der Waals surface area contributed by atoms with Gasteiger partial charge in [0.1, 0.15) is 5.69 Å². The first-order valence-electron chi connectivity index (χ1n) is 6.17. The van der Waals surface area contributed by atoms with Crippen molar-refractivity contribution < 1.29 is 4.79 Å². The second kappa shape index (κ2) is 4.87. The lowest BCUT2D eigenvalue weighted by Crippen LogP contribution is -2.54. The minimum atomic E-state index is -0.215. The summed E-state index contributed by atoms with van der Waals surface area (Å²) in [7, 11) is 1.80. The van der Waals surface area contributed by atoms with Crippen molar-refractivity contribution in [2.45, 2.75) is 37.6 Å². The average Bonchev–Trinajstić information content (AvgIpc) is 2.77. The number of nitrogens with two attached hydrogens (primary N) is 1. The van der Waals surface area contributed by atoms with Gasteiger partial charge in [-0.1, -0.05) is 19.3 Å². The Kier molecular flexibility index (Phi) is 3.47. The summed E-state index contributed by atoms with van der Waals surface area (Å²) in [6, 6.07) is 1.72. The molecule has 1 aromatic rings. The van der Waals surface area contributed by atoms with Crippen LogP contribution in [0.25, 0.3) is 0 Å². The first-order valence-corrected chi connectivity index (χ1v) is 6.17. The maximum atomic E-state index is 12.0. The van der Waals surface area contributed by atoms with Gasteiger partial charge in [-0.25, -0.2) is 0 Å². The molecule has 1 amide bonds. The molecule has 5 nitrogen and oxygen atoms in total. The summed E-state index contributed by atoms with van der Waals surface area (Å²) in [4.78, 5) is 12.0. The van der Waals surface area contributed by atoms with E-state index in [1.807, 2.05) is 0 Å². The lowest BCUT2D eigenvalue weighted by atomic mass is 9.81. The molecule has 1 heterocycles. The fraction of sp³-hybridized carbons (Fsp3) is 0.667. The first kappa shape index (κ1) is 12.1. The Balaban J connectivity index is 2.05. The number of nitrogens with one attached hydrogen (secondary N) is 1. The highest BCUT2D eigenvalue weighted by Gasteiger charge is 2.32. The Morgan fingerprint density at radius 2 is 2.24 bits per heavy atom. The number of amides is 1. The zero-order chi connectivity index (χ0) is 12.3. The Morgan fingerprint density at radius 1 is 1.53 bits per heavy atom. The predicted molar refractivity (Wildman–Crippen MR) is 65.5 cm³/mol. The molecule has 3 N–H and O–H groups in total. The van der Waals surface area contributed by atoms with Crippen LogP contribution in [0.4, 0.5) is 0 Å². The molecule has 0 atom stereocenters. The van der Waals surface area contributed by atoms with Crippen LogP contribution in [0.3, 0.4) is 0 Å². The lowest BCUT2D eigenvalue weighted by Gasteiger charge is -2.36. The molecule has 94 valence electrons. The SMILES string of the molecule is Cn1ccc(C(=O)NC2(CN)CCCCC2)n1. The summed E-state index contributed by atoms with van der Waals surface area (Å²) in [5.41, 5.74) is 6.08. The maximum Gasteiger partial charge on any atom is 0.272 e. The summed E-state index contributed by atoms with van der Waals surface area (Å²) < 4.78 is 1.63. The molecule has 0 aromatic carbocycles. The van der Waals surface area contributed by atoms with E-state index in [9.17, 15) is 4.79 Å². The summed E-state index contributed by atoms with van der Waals surface area (Å²) in [6.07, 6.45) is 7.23. The number of aryl methyl sites for hydroxylation is 1. The number of nitrogens with zero attached hydrogens (tertiary/aromatic N) is 2. The molecule has 0 radical (unpaired) electrons. The van der Waals surface area contributed by atoms with Crippen molar-refractivity contribution in [1.29, 1.82) is 0 Å². The van der Waals surface area contributed by atoms with Crippen molar-refractivity contribution in [3.05, 3.63) is 18.0 Å². The smallest absolute Gasteiger partial charge is 0.272 e. The summed E-state index contributed by atoms with van der Waals surface area (Å²) in [5.74, 6) is -0.113. The van der Waals surface area contributed by atoms with Gasteiger partial charge >= 0.3 is 0 Å². The van der Waals surface area contributed by atoms with E-state index in [1.54, 1.807) is 24.0 Å². The average molecular weight is 236 g/mol. The van der Waals surface area contributed by atoms with Gasteiger partial charge in [-0.2, -0.15) is 5.10 Å². The molecule has 1 fully saturated rings. The topological polar surface area (TPSA) is 72.9 Å². The van der Waals surface area contributed by atoms with E-state index in [1.165, 1.54) is 6.42 Å². The highest BCUT2D eigenvalue weighted by molar-refractivity contribution is 5.92. The van der Waals surface area contributed by atoms with Crippen molar-refractivity contribution in [3.8, 4) is 0 Å². The summed E-state index contributed by atoms with van der Waals surface area (Å²) >= 11 is 0. The quantitative estimate of drug-likeness (QED) is 0.815. The number of hydrogen-bond donors (Lipinski definition) is 2. The van der Waals surface area contributed by atoms with Crippen LogP contribution >= 0.6 is 0 Å². The number of aromatic nitrogens is 2. The van der Waals surface area contributed by atoms with E-state index in [-0.39, 0.29) is 11.4 Å². The molecule has 17 heavy (non-hydrogen) atoms. The molecule has 2 rings (SSSR count). The van der Waals surface area contributed by atoms with E-state index < -0.39 is 0 Å². The van der Waals surface area contributed by atoms with Crippen LogP contribution in [0.2, 0.25) is 0 Å². The van der Waals surface area contributed by atoms with Gasteiger partial charge in [-0.15, -0.1) is 0 Å². The molecule has 0 aliphatic heterocycles. The molecular weight excluding hydrogens is 216 g/mol. The molecular formula is C12H20N4O. The van der Waals surface area contributed by atoms with Gasteiger partial charge in [-0.05, 0) is 18.9 Å². The Morgan fingerprint density at radius 3 is 2.76 bits per heavy atom. The van der Waals surface area contributed by atoms with Crippen molar-refractivity contribution in [3.63, 3.8) is 0 Å². The normalized spacial score (nSPS) is 18.9. The minimum absolute atomic E-state index is 0.113.